The zero-order chi connectivity index (χ0) is 23.3. The van der Waals surface area contributed by atoms with Crippen molar-refractivity contribution in [3.05, 3.63) is 77.6 Å². The molecule has 3 aromatic rings. The molecule has 0 aliphatic heterocycles. The quantitative estimate of drug-likeness (QED) is 0.384. The highest BCUT2D eigenvalue weighted by molar-refractivity contribution is 6.01. The molecule has 2 N–H and O–H groups in total. The maximum Gasteiger partial charge on any atom is 0.416 e. The summed E-state index contributed by atoms with van der Waals surface area (Å²) in [6, 6.07) is 5.93. The Morgan fingerprint density at radius 1 is 1.16 bits per heavy atom. The lowest BCUT2D eigenvalue weighted by Crippen LogP contribution is -2.22. The lowest BCUT2D eigenvalue weighted by molar-refractivity contribution is -0.137. The number of aromatic nitrogens is 3. The molecule has 0 saturated heterocycles. The number of carbonyl (C=O) groups excluding carboxylic acids is 1. The summed E-state index contributed by atoms with van der Waals surface area (Å²) in [5.41, 5.74) is -0.610. The molecule has 7 nitrogen and oxygen atoms in total. The fourth-order valence-electron chi connectivity index (χ4n) is 2.66. The SMILES string of the molecule is C/C=C(\C)OCc1ccc(NC(=O)Nc2cc(C(F)(F)F)ccc2-n2ccnn2)c(F)c1. The Labute approximate surface area is 180 Å². The number of hydrogen-bond donors (Lipinski definition) is 2. The highest BCUT2D eigenvalue weighted by atomic mass is 19.4. The molecule has 0 radical (unpaired) electrons. The number of alkyl halides is 3. The highest BCUT2D eigenvalue weighted by Crippen LogP contribution is 2.33. The molecule has 0 atom stereocenters. The highest BCUT2D eigenvalue weighted by Gasteiger charge is 2.31. The molecule has 0 fully saturated rings. The Morgan fingerprint density at radius 3 is 2.53 bits per heavy atom. The third-order valence-electron chi connectivity index (χ3n) is 4.40. The van der Waals surface area contributed by atoms with Crippen LogP contribution in [0.15, 0.2) is 60.6 Å². The summed E-state index contributed by atoms with van der Waals surface area (Å²) < 4.78 is 60.4. The molecule has 0 unspecified atom stereocenters. The van der Waals surface area contributed by atoms with Gasteiger partial charge in [0.1, 0.15) is 12.4 Å². The standard InChI is InChI=1S/C21H19F4N5O2/c1-3-13(2)32-12-14-4-6-17(16(22)10-14)27-20(31)28-18-11-15(21(23,24)25)5-7-19(18)30-9-8-26-29-30/h3-11H,12H2,1-2H3,(H2,27,28,31)/b13-3+. The minimum absolute atomic E-state index is 0.144. The first-order chi connectivity index (χ1) is 15.2. The lowest BCUT2D eigenvalue weighted by atomic mass is 10.1. The van der Waals surface area contributed by atoms with Gasteiger partial charge < -0.3 is 15.4 Å². The summed E-state index contributed by atoms with van der Waals surface area (Å²) in [6.45, 7) is 3.71. The van der Waals surface area contributed by atoms with Crippen molar-refractivity contribution in [1.29, 1.82) is 0 Å². The molecule has 0 bridgehead atoms. The number of carbonyl (C=O) groups is 1. The number of allylic oxidation sites excluding steroid dienone is 2. The summed E-state index contributed by atoms with van der Waals surface area (Å²) in [5.74, 6) is -0.0452. The maximum absolute atomic E-state index is 14.4. The predicted molar refractivity (Wildman–Crippen MR) is 110 cm³/mol. The second-order valence-corrected chi connectivity index (χ2v) is 6.66. The van der Waals surface area contributed by atoms with Gasteiger partial charge >= 0.3 is 12.2 Å². The van der Waals surface area contributed by atoms with Gasteiger partial charge in [-0.25, -0.2) is 13.9 Å². The van der Waals surface area contributed by atoms with Crippen LogP contribution in [0.2, 0.25) is 0 Å². The zero-order valence-electron chi connectivity index (χ0n) is 17.1. The van der Waals surface area contributed by atoms with Crippen molar-refractivity contribution < 1.29 is 27.1 Å². The molecular weight excluding hydrogens is 430 g/mol. The Balaban J connectivity index is 1.78. The molecule has 1 aromatic heterocycles. The maximum atomic E-state index is 14.4. The minimum Gasteiger partial charge on any atom is -0.494 e. The van der Waals surface area contributed by atoms with E-state index < -0.39 is 23.6 Å². The Bertz CT molecular complexity index is 1130. The van der Waals surface area contributed by atoms with E-state index in [4.69, 9.17) is 4.74 Å². The van der Waals surface area contributed by atoms with E-state index in [1.165, 1.54) is 29.2 Å². The summed E-state index contributed by atoms with van der Waals surface area (Å²) in [6.07, 6.45) is -0.122. The van der Waals surface area contributed by atoms with Crippen molar-refractivity contribution >= 4 is 17.4 Å². The van der Waals surface area contributed by atoms with Gasteiger partial charge in [-0.1, -0.05) is 11.3 Å². The molecule has 3 rings (SSSR count). The average Bonchev–Trinajstić information content (AvgIpc) is 3.27. The molecule has 1 heterocycles. The Morgan fingerprint density at radius 2 is 1.91 bits per heavy atom. The van der Waals surface area contributed by atoms with E-state index >= 15 is 0 Å². The number of rotatable bonds is 6. The van der Waals surface area contributed by atoms with Gasteiger partial charge in [0.05, 0.1) is 40.8 Å². The molecule has 0 aliphatic rings. The topological polar surface area (TPSA) is 81.1 Å². The van der Waals surface area contributed by atoms with E-state index in [9.17, 15) is 22.4 Å². The van der Waals surface area contributed by atoms with Crippen LogP contribution in [0.3, 0.4) is 0 Å². The molecule has 11 heteroatoms. The first-order valence-electron chi connectivity index (χ1n) is 9.37. The van der Waals surface area contributed by atoms with Crippen molar-refractivity contribution in [2.24, 2.45) is 0 Å². The van der Waals surface area contributed by atoms with Crippen LogP contribution >= 0.6 is 0 Å². The number of nitrogens with zero attached hydrogens (tertiary/aromatic N) is 3. The van der Waals surface area contributed by atoms with Crippen LogP contribution < -0.4 is 10.6 Å². The average molecular weight is 449 g/mol. The molecule has 32 heavy (non-hydrogen) atoms. The van der Waals surface area contributed by atoms with Crippen molar-refractivity contribution in [3.8, 4) is 5.69 Å². The zero-order valence-corrected chi connectivity index (χ0v) is 17.1. The van der Waals surface area contributed by atoms with Crippen LogP contribution in [-0.4, -0.2) is 21.0 Å². The number of benzene rings is 2. The monoisotopic (exact) mass is 449 g/mol. The number of ether oxygens (including phenoxy) is 1. The van der Waals surface area contributed by atoms with Gasteiger partial charge in [-0.15, -0.1) is 5.10 Å². The molecule has 168 valence electrons. The van der Waals surface area contributed by atoms with E-state index in [0.29, 0.717) is 11.3 Å². The van der Waals surface area contributed by atoms with Crippen molar-refractivity contribution in [2.45, 2.75) is 26.6 Å². The van der Waals surface area contributed by atoms with Crippen molar-refractivity contribution in [1.82, 2.24) is 15.0 Å². The fraction of sp³-hybridized carbons (Fsp3) is 0.190. The summed E-state index contributed by atoms with van der Waals surface area (Å²) >= 11 is 0. The van der Waals surface area contributed by atoms with E-state index in [1.54, 1.807) is 26.0 Å². The van der Waals surface area contributed by atoms with Gasteiger partial charge in [0.25, 0.3) is 0 Å². The molecule has 2 amide bonds. The van der Waals surface area contributed by atoms with Crippen LogP contribution in [0, 0.1) is 5.82 Å². The van der Waals surface area contributed by atoms with Gasteiger partial charge in [-0.05, 0) is 55.8 Å². The lowest BCUT2D eigenvalue weighted by Gasteiger charge is -2.15. The van der Waals surface area contributed by atoms with E-state index in [-0.39, 0.29) is 23.7 Å². The van der Waals surface area contributed by atoms with Crippen LogP contribution in [0.25, 0.3) is 5.69 Å². The normalized spacial score (nSPS) is 11.9. The second-order valence-electron chi connectivity index (χ2n) is 6.66. The van der Waals surface area contributed by atoms with Crippen molar-refractivity contribution in [2.75, 3.05) is 10.6 Å². The van der Waals surface area contributed by atoms with E-state index in [0.717, 1.165) is 18.2 Å². The van der Waals surface area contributed by atoms with E-state index in [2.05, 4.69) is 20.9 Å². The molecule has 0 saturated carbocycles. The van der Waals surface area contributed by atoms with Gasteiger partial charge in [-0.2, -0.15) is 13.2 Å². The Kier molecular flexibility index (Phi) is 6.76. The van der Waals surface area contributed by atoms with Crippen molar-refractivity contribution in [3.63, 3.8) is 0 Å². The largest absolute Gasteiger partial charge is 0.494 e. The number of nitrogens with one attached hydrogen (secondary N) is 2. The second kappa shape index (κ2) is 9.50. The third kappa shape index (κ3) is 5.62. The first kappa shape index (κ1) is 22.8. The van der Waals surface area contributed by atoms with E-state index in [1.807, 2.05) is 0 Å². The minimum atomic E-state index is -4.62. The van der Waals surface area contributed by atoms with Crippen LogP contribution in [-0.2, 0) is 17.5 Å². The van der Waals surface area contributed by atoms with Crippen LogP contribution in [0.4, 0.5) is 33.7 Å². The molecule has 0 aliphatic carbocycles. The van der Waals surface area contributed by atoms with Gasteiger partial charge in [0.15, 0.2) is 0 Å². The number of hydrogen-bond acceptors (Lipinski definition) is 4. The smallest absolute Gasteiger partial charge is 0.416 e. The number of amides is 2. The fourth-order valence-corrected chi connectivity index (χ4v) is 2.66. The van der Waals surface area contributed by atoms with Gasteiger partial charge in [-0.3, -0.25) is 0 Å². The number of anilines is 2. The predicted octanol–water partition coefficient (Wildman–Crippen LogP) is 5.51. The third-order valence-corrected chi connectivity index (χ3v) is 4.40. The summed E-state index contributed by atoms with van der Waals surface area (Å²) in [4.78, 5) is 12.4. The van der Waals surface area contributed by atoms with Gasteiger partial charge in [0, 0.05) is 0 Å². The number of urea groups is 1. The van der Waals surface area contributed by atoms with Crippen LogP contribution in [0.5, 0.6) is 0 Å². The molecular formula is C21H19F4N5O2. The summed E-state index contributed by atoms with van der Waals surface area (Å²) in [5, 5.41) is 11.9. The molecule has 2 aromatic carbocycles. The summed E-state index contributed by atoms with van der Waals surface area (Å²) in [7, 11) is 0. The van der Waals surface area contributed by atoms with Gasteiger partial charge in [0.2, 0.25) is 0 Å². The van der Waals surface area contributed by atoms with Crippen LogP contribution in [0.1, 0.15) is 25.0 Å². The number of halogens is 4. The molecule has 0 spiro atoms. The first-order valence-corrected chi connectivity index (χ1v) is 9.37. The Hall–Kier alpha value is -3.89.